The van der Waals surface area contributed by atoms with Crippen LogP contribution in [0, 0.1) is 0 Å². The summed E-state index contributed by atoms with van der Waals surface area (Å²) in [6.07, 6.45) is 4.93. The first kappa shape index (κ1) is 16.9. The van der Waals surface area contributed by atoms with Gasteiger partial charge in [0.1, 0.15) is 6.04 Å². The second kappa shape index (κ2) is 9.72. The van der Waals surface area contributed by atoms with Crippen LogP contribution in [-0.2, 0) is 14.3 Å². The smallest absolute Gasteiger partial charge is 0.326 e. The SMILES string of the molecule is COCCC(NC(=O)CC/C=C/c1ccccc1)C(=O)O. The minimum Gasteiger partial charge on any atom is -0.480 e. The number of carboxylic acids is 1. The Bertz CT molecular complexity index is 470. The Morgan fingerprint density at radius 2 is 2.05 bits per heavy atom. The number of carboxylic acid groups (broad SMARTS) is 1. The van der Waals surface area contributed by atoms with Crippen LogP contribution in [-0.4, -0.2) is 36.7 Å². The third-order valence-corrected chi connectivity index (χ3v) is 2.89. The molecule has 1 atom stereocenters. The van der Waals surface area contributed by atoms with Crippen molar-refractivity contribution in [1.82, 2.24) is 5.32 Å². The fourth-order valence-corrected chi connectivity index (χ4v) is 1.76. The molecule has 1 unspecified atom stereocenters. The van der Waals surface area contributed by atoms with Crippen molar-refractivity contribution in [2.45, 2.75) is 25.3 Å². The molecule has 5 nitrogen and oxygen atoms in total. The van der Waals surface area contributed by atoms with Crippen LogP contribution < -0.4 is 5.32 Å². The first-order valence-corrected chi connectivity index (χ1v) is 6.86. The number of hydrogen-bond acceptors (Lipinski definition) is 3. The molecule has 1 aromatic rings. The van der Waals surface area contributed by atoms with Crippen molar-refractivity contribution < 1.29 is 19.4 Å². The van der Waals surface area contributed by atoms with E-state index in [0.29, 0.717) is 13.0 Å². The summed E-state index contributed by atoms with van der Waals surface area (Å²) in [7, 11) is 1.50. The summed E-state index contributed by atoms with van der Waals surface area (Å²) < 4.78 is 4.83. The van der Waals surface area contributed by atoms with Gasteiger partial charge in [0.15, 0.2) is 0 Å². The van der Waals surface area contributed by atoms with Crippen LogP contribution in [0.25, 0.3) is 6.08 Å². The summed E-state index contributed by atoms with van der Waals surface area (Å²) in [5, 5.41) is 11.5. The normalized spacial score (nSPS) is 12.2. The lowest BCUT2D eigenvalue weighted by Crippen LogP contribution is -2.41. The number of carbonyl (C=O) groups excluding carboxylic acids is 1. The molecular formula is C16H21NO4. The fraction of sp³-hybridized carbons (Fsp3) is 0.375. The minimum atomic E-state index is -1.04. The van der Waals surface area contributed by atoms with Gasteiger partial charge in [-0.2, -0.15) is 0 Å². The second-order valence-corrected chi connectivity index (χ2v) is 4.59. The zero-order chi connectivity index (χ0) is 15.5. The van der Waals surface area contributed by atoms with Gasteiger partial charge in [0, 0.05) is 26.6 Å². The molecule has 0 aliphatic rings. The molecule has 0 heterocycles. The first-order chi connectivity index (χ1) is 10.1. The molecule has 0 spiro atoms. The number of rotatable bonds is 9. The molecule has 0 fully saturated rings. The average Bonchev–Trinajstić information content (AvgIpc) is 2.48. The van der Waals surface area contributed by atoms with Gasteiger partial charge in [-0.05, 0) is 12.0 Å². The predicted octanol–water partition coefficient (Wildman–Crippen LogP) is 2.09. The van der Waals surface area contributed by atoms with Gasteiger partial charge in [0.25, 0.3) is 0 Å². The van der Waals surface area contributed by atoms with Crippen molar-refractivity contribution in [3.8, 4) is 0 Å². The van der Waals surface area contributed by atoms with E-state index in [2.05, 4.69) is 5.32 Å². The molecule has 0 saturated carbocycles. The minimum absolute atomic E-state index is 0.261. The molecule has 0 aliphatic heterocycles. The van der Waals surface area contributed by atoms with Crippen LogP contribution in [0.3, 0.4) is 0 Å². The number of allylic oxidation sites excluding steroid dienone is 1. The molecule has 21 heavy (non-hydrogen) atoms. The number of nitrogens with one attached hydrogen (secondary N) is 1. The highest BCUT2D eigenvalue weighted by molar-refractivity contribution is 5.83. The van der Waals surface area contributed by atoms with Gasteiger partial charge in [-0.25, -0.2) is 4.79 Å². The van der Waals surface area contributed by atoms with Gasteiger partial charge in [-0.1, -0.05) is 42.5 Å². The zero-order valence-corrected chi connectivity index (χ0v) is 12.1. The van der Waals surface area contributed by atoms with Gasteiger partial charge in [0.2, 0.25) is 5.91 Å². The highest BCUT2D eigenvalue weighted by atomic mass is 16.5. The lowest BCUT2D eigenvalue weighted by atomic mass is 10.1. The van der Waals surface area contributed by atoms with Crippen LogP contribution in [0.1, 0.15) is 24.8 Å². The average molecular weight is 291 g/mol. The van der Waals surface area contributed by atoms with Crippen LogP contribution in [0.4, 0.5) is 0 Å². The van der Waals surface area contributed by atoms with Crippen molar-refractivity contribution in [2.24, 2.45) is 0 Å². The van der Waals surface area contributed by atoms with E-state index in [0.717, 1.165) is 5.56 Å². The van der Waals surface area contributed by atoms with E-state index in [-0.39, 0.29) is 18.7 Å². The Morgan fingerprint density at radius 3 is 2.67 bits per heavy atom. The fourth-order valence-electron chi connectivity index (χ4n) is 1.76. The molecule has 0 aliphatic carbocycles. The topological polar surface area (TPSA) is 75.6 Å². The third-order valence-electron chi connectivity index (χ3n) is 2.89. The molecule has 1 aromatic carbocycles. The van der Waals surface area contributed by atoms with Crippen LogP contribution in [0.2, 0.25) is 0 Å². The summed E-state index contributed by atoms with van der Waals surface area (Å²) in [5.41, 5.74) is 1.07. The standard InChI is InChI=1S/C16H21NO4/c1-21-12-11-14(16(19)20)17-15(18)10-6-5-9-13-7-3-2-4-8-13/h2-5,7-9,14H,6,10-12H2,1H3,(H,17,18)(H,19,20)/b9-5+. The van der Waals surface area contributed by atoms with Gasteiger partial charge in [0.05, 0.1) is 0 Å². The second-order valence-electron chi connectivity index (χ2n) is 4.59. The molecule has 2 N–H and O–H groups in total. The van der Waals surface area contributed by atoms with E-state index >= 15 is 0 Å². The quantitative estimate of drug-likeness (QED) is 0.730. The maximum absolute atomic E-state index is 11.7. The van der Waals surface area contributed by atoms with Crippen LogP contribution in [0.15, 0.2) is 36.4 Å². The van der Waals surface area contributed by atoms with Gasteiger partial charge < -0.3 is 15.2 Å². The Morgan fingerprint density at radius 1 is 1.33 bits per heavy atom. The van der Waals surface area contributed by atoms with E-state index < -0.39 is 12.0 Å². The number of methoxy groups -OCH3 is 1. The third kappa shape index (κ3) is 7.27. The van der Waals surface area contributed by atoms with E-state index in [1.807, 2.05) is 42.5 Å². The van der Waals surface area contributed by atoms with E-state index in [9.17, 15) is 9.59 Å². The Labute approximate surface area is 124 Å². The number of amides is 1. The number of carbonyl (C=O) groups is 2. The number of ether oxygens (including phenoxy) is 1. The van der Waals surface area contributed by atoms with E-state index in [1.54, 1.807) is 0 Å². The Kier molecular flexibility index (Phi) is 7.82. The zero-order valence-electron chi connectivity index (χ0n) is 12.1. The maximum atomic E-state index is 11.7. The molecule has 0 radical (unpaired) electrons. The van der Waals surface area contributed by atoms with Crippen LogP contribution >= 0.6 is 0 Å². The lowest BCUT2D eigenvalue weighted by Gasteiger charge is -2.13. The monoisotopic (exact) mass is 291 g/mol. The molecule has 5 heteroatoms. The lowest BCUT2D eigenvalue weighted by molar-refractivity contribution is -0.142. The maximum Gasteiger partial charge on any atom is 0.326 e. The summed E-state index contributed by atoms with van der Waals surface area (Å²) in [5.74, 6) is -1.31. The van der Waals surface area contributed by atoms with Gasteiger partial charge in [-0.15, -0.1) is 0 Å². The van der Waals surface area contributed by atoms with Crippen molar-refractivity contribution in [3.05, 3.63) is 42.0 Å². The summed E-state index contributed by atoms with van der Waals surface area (Å²) >= 11 is 0. The summed E-state index contributed by atoms with van der Waals surface area (Å²) in [6.45, 7) is 0.297. The van der Waals surface area contributed by atoms with Crippen molar-refractivity contribution in [3.63, 3.8) is 0 Å². The summed E-state index contributed by atoms with van der Waals surface area (Å²) in [4.78, 5) is 22.7. The van der Waals surface area contributed by atoms with Crippen LogP contribution in [0.5, 0.6) is 0 Å². The van der Waals surface area contributed by atoms with Crippen molar-refractivity contribution >= 4 is 18.0 Å². The molecule has 0 aromatic heterocycles. The largest absolute Gasteiger partial charge is 0.480 e. The van der Waals surface area contributed by atoms with Crippen molar-refractivity contribution in [1.29, 1.82) is 0 Å². The highest BCUT2D eigenvalue weighted by Gasteiger charge is 2.18. The molecule has 1 amide bonds. The number of aliphatic carboxylic acids is 1. The number of hydrogen-bond donors (Lipinski definition) is 2. The predicted molar refractivity (Wildman–Crippen MR) is 80.8 cm³/mol. The first-order valence-electron chi connectivity index (χ1n) is 6.86. The van der Waals surface area contributed by atoms with Crippen molar-refractivity contribution in [2.75, 3.05) is 13.7 Å². The molecule has 1 rings (SSSR count). The molecule has 114 valence electrons. The van der Waals surface area contributed by atoms with E-state index in [1.165, 1.54) is 7.11 Å². The number of benzene rings is 1. The summed E-state index contributed by atoms with van der Waals surface area (Å²) in [6, 6.07) is 8.88. The molecular weight excluding hydrogens is 270 g/mol. The Balaban J connectivity index is 2.32. The van der Waals surface area contributed by atoms with Gasteiger partial charge in [-0.3, -0.25) is 4.79 Å². The van der Waals surface area contributed by atoms with Gasteiger partial charge >= 0.3 is 5.97 Å². The van der Waals surface area contributed by atoms with E-state index in [4.69, 9.17) is 9.84 Å². The molecule has 0 bridgehead atoms. The molecule has 0 saturated heterocycles. The highest BCUT2D eigenvalue weighted by Crippen LogP contribution is 2.03. The Hall–Kier alpha value is -2.14.